The third-order valence-electron chi connectivity index (χ3n) is 3.72. The van der Waals surface area contributed by atoms with Gasteiger partial charge in [0.25, 0.3) is 0 Å². The van der Waals surface area contributed by atoms with Gasteiger partial charge in [-0.1, -0.05) is 6.92 Å². The lowest BCUT2D eigenvalue weighted by Gasteiger charge is -2.31. The summed E-state index contributed by atoms with van der Waals surface area (Å²) in [6.07, 6.45) is 4.46. The number of thiazole rings is 1. The second kappa shape index (κ2) is 6.13. The van der Waals surface area contributed by atoms with Gasteiger partial charge in [0.1, 0.15) is 5.01 Å². The summed E-state index contributed by atoms with van der Waals surface area (Å²) in [4.78, 5) is 6.14. The highest BCUT2D eigenvalue weighted by atomic mass is 32.1. The van der Waals surface area contributed by atoms with E-state index in [0.717, 1.165) is 45.4 Å². The highest BCUT2D eigenvalue weighted by molar-refractivity contribution is 7.11. The molecule has 0 aromatic carbocycles. The molecule has 2 rings (SSSR count). The minimum absolute atomic E-state index is 0.0518. The van der Waals surface area contributed by atoms with Crippen molar-refractivity contribution in [1.29, 1.82) is 0 Å². The molecule has 2 heterocycles. The maximum atomic E-state index is 5.63. The van der Waals surface area contributed by atoms with Crippen molar-refractivity contribution in [2.75, 3.05) is 19.8 Å². The van der Waals surface area contributed by atoms with E-state index in [-0.39, 0.29) is 5.54 Å². The van der Waals surface area contributed by atoms with Crippen LogP contribution in [0.2, 0.25) is 0 Å². The Balaban J connectivity index is 2.27. The normalized spacial score (nSPS) is 25.1. The highest BCUT2D eigenvalue weighted by Gasteiger charge is 2.35. The topological polar surface area (TPSA) is 34.2 Å². The van der Waals surface area contributed by atoms with Crippen LogP contribution < -0.4 is 5.32 Å². The summed E-state index contributed by atoms with van der Waals surface area (Å²) in [6, 6.07) is 0. The van der Waals surface area contributed by atoms with Crippen molar-refractivity contribution in [3.8, 4) is 0 Å². The molecule has 1 unspecified atom stereocenters. The predicted octanol–water partition coefficient (Wildman–Crippen LogP) is 3.16. The molecule has 18 heavy (non-hydrogen) atoms. The molecule has 1 fully saturated rings. The fraction of sp³-hybridized carbons (Fsp3) is 0.786. The van der Waals surface area contributed by atoms with Gasteiger partial charge in [0.05, 0.1) is 11.2 Å². The zero-order valence-electron chi connectivity index (χ0n) is 11.7. The molecule has 1 aromatic rings. The molecule has 3 nitrogen and oxygen atoms in total. The third-order valence-corrected chi connectivity index (χ3v) is 4.99. The number of aromatic nitrogens is 1. The van der Waals surface area contributed by atoms with Crippen molar-refractivity contribution in [1.82, 2.24) is 10.3 Å². The molecule has 1 atom stereocenters. The zero-order chi connectivity index (χ0) is 13.0. The molecule has 4 heteroatoms. The van der Waals surface area contributed by atoms with Gasteiger partial charge >= 0.3 is 0 Å². The van der Waals surface area contributed by atoms with Gasteiger partial charge in [0.2, 0.25) is 0 Å². The number of hydrogen-bond donors (Lipinski definition) is 1. The molecule has 1 N–H and O–H groups in total. The van der Waals surface area contributed by atoms with E-state index in [9.17, 15) is 0 Å². The van der Waals surface area contributed by atoms with Crippen LogP contribution in [0.15, 0.2) is 0 Å². The molecular weight excluding hydrogens is 244 g/mol. The van der Waals surface area contributed by atoms with E-state index in [2.05, 4.69) is 26.1 Å². The van der Waals surface area contributed by atoms with Gasteiger partial charge in [-0.3, -0.25) is 0 Å². The third kappa shape index (κ3) is 2.92. The van der Waals surface area contributed by atoms with Crippen molar-refractivity contribution in [2.24, 2.45) is 0 Å². The van der Waals surface area contributed by atoms with Crippen LogP contribution in [0.3, 0.4) is 0 Å². The monoisotopic (exact) mass is 268 g/mol. The standard InChI is InChI=1S/C14H24N2OS/c1-4-8-15-14(6-5-9-17-10-7-14)13-16-11(2)12(3)18-13/h15H,4-10H2,1-3H3. The smallest absolute Gasteiger partial charge is 0.113 e. The fourth-order valence-corrected chi connectivity index (χ4v) is 3.60. The lowest BCUT2D eigenvalue weighted by Crippen LogP contribution is -2.43. The molecule has 102 valence electrons. The average Bonchev–Trinajstić information content (AvgIpc) is 2.59. The first-order chi connectivity index (χ1) is 8.68. The summed E-state index contributed by atoms with van der Waals surface area (Å²) in [5.41, 5.74) is 1.23. The van der Waals surface area contributed by atoms with Gasteiger partial charge in [-0.25, -0.2) is 4.98 Å². The van der Waals surface area contributed by atoms with Gasteiger partial charge in [-0.15, -0.1) is 11.3 Å². The van der Waals surface area contributed by atoms with E-state index in [4.69, 9.17) is 9.72 Å². The number of aryl methyl sites for hydroxylation is 2. The van der Waals surface area contributed by atoms with E-state index in [1.165, 1.54) is 15.6 Å². The minimum atomic E-state index is 0.0518. The first kappa shape index (κ1) is 14.0. The Bertz CT molecular complexity index is 362. The summed E-state index contributed by atoms with van der Waals surface area (Å²) in [5, 5.41) is 5.01. The van der Waals surface area contributed by atoms with Crippen LogP contribution in [0.1, 0.15) is 48.2 Å². The Hall–Kier alpha value is -0.450. The van der Waals surface area contributed by atoms with Gasteiger partial charge in [-0.2, -0.15) is 0 Å². The first-order valence-electron chi connectivity index (χ1n) is 6.95. The summed E-state index contributed by atoms with van der Waals surface area (Å²) in [5.74, 6) is 0. The summed E-state index contributed by atoms with van der Waals surface area (Å²) in [7, 11) is 0. The highest BCUT2D eigenvalue weighted by Crippen LogP contribution is 2.36. The van der Waals surface area contributed by atoms with Crippen LogP contribution >= 0.6 is 11.3 Å². The van der Waals surface area contributed by atoms with Crippen LogP contribution in [-0.4, -0.2) is 24.7 Å². The van der Waals surface area contributed by atoms with Crippen molar-refractivity contribution in [2.45, 2.75) is 52.0 Å². The molecule has 1 saturated heterocycles. The van der Waals surface area contributed by atoms with Gasteiger partial charge in [0.15, 0.2) is 0 Å². The van der Waals surface area contributed by atoms with Crippen LogP contribution in [0.5, 0.6) is 0 Å². The van der Waals surface area contributed by atoms with E-state index < -0.39 is 0 Å². The van der Waals surface area contributed by atoms with E-state index in [1.807, 2.05) is 11.3 Å². The lowest BCUT2D eigenvalue weighted by molar-refractivity contribution is 0.136. The Morgan fingerprint density at radius 1 is 1.33 bits per heavy atom. The van der Waals surface area contributed by atoms with Crippen molar-refractivity contribution in [3.63, 3.8) is 0 Å². The number of nitrogens with one attached hydrogen (secondary N) is 1. The molecular formula is C14H24N2OS. The SMILES string of the molecule is CCCNC1(c2nc(C)c(C)s2)CCCOCC1. The maximum absolute atomic E-state index is 5.63. The van der Waals surface area contributed by atoms with Gasteiger partial charge < -0.3 is 10.1 Å². The molecule has 1 aromatic heterocycles. The average molecular weight is 268 g/mol. The predicted molar refractivity (Wildman–Crippen MR) is 76.2 cm³/mol. The quantitative estimate of drug-likeness (QED) is 0.911. The van der Waals surface area contributed by atoms with E-state index in [1.54, 1.807) is 0 Å². The molecule has 0 spiro atoms. The van der Waals surface area contributed by atoms with E-state index >= 15 is 0 Å². The van der Waals surface area contributed by atoms with Crippen molar-refractivity contribution in [3.05, 3.63) is 15.6 Å². The largest absolute Gasteiger partial charge is 0.381 e. The zero-order valence-corrected chi connectivity index (χ0v) is 12.5. The van der Waals surface area contributed by atoms with Crippen LogP contribution in [0.4, 0.5) is 0 Å². The van der Waals surface area contributed by atoms with Crippen molar-refractivity contribution >= 4 is 11.3 Å². The Morgan fingerprint density at radius 2 is 2.17 bits per heavy atom. The minimum Gasteiger partial charge on any atom is -0.381 e. The summed E-state index contributed by atoms with van der Waals surface area (Å²) >= 11 is 1.85. The fourth-order valence-electron chi connectivity index (χ4n) is 2.46. The van der Waals surface area contributed by atoms with Crippen LogP contribution in [-0.2, 0) is 10.3 Å². The Labute approximate surface area is 114 Å². The number of rotatable bonds is 4. The second-order valence-electron chi connectivity index (χ2n) is 5.14. The Kier molecular flexibility index (Phi) is 4.76. The first-order valence-corrected chi connectivity index (χ1v) is 7.77. The number of nitrogens with zero attached hydrogens (tertiary/aromatic N) is 1. The molecule has 1 aliphatic heterocycles. The molecule has 0 radical (unpaired) electrons. The Morgan fingerprint density at radius 3 is 2.83 bits per heavy atom. The molecule has 0 saturated carbocycles. The maximum Gasteiger partial charge on any atom is 0.113 e. The lowest BCUT2D eigenvalue weighted by atomic mass is 9.91. The summed E-state index contributed by atoms with van der Waals surface area (Å²) < 4.78 is 5.63. The van der Waals surface area contributed by atoms with Crippen LogP contribution in [0, 0.1) is 13.8 Å². The van der Waals surface area contributed by atoms with Gasteiger partial charge in [0, 0.05) is 18.1 Å². The van der Waals surface area contributed by atoms with E-state index in [0.29, 0.717) is 0 Å². The number of hydrogen-bond acceptors (Lipinski definition) is 4. The molecule has 0 bridgehead atoms. The van der Waals surface area contributed by atoms with Crippen LogP contribution in [0.25, 0.3) is 0 Å². The molecule has 0 aliphatic carbocycles. The molecule has 0 amide bonds. The van der Waals surface area contributed by atoms with Crippen molar-refractivity contribution < 1.29 is 4.74 Å². The second-order valence-corrected chi connectivity index (χ2v) is 6.34. The molecule has 1 aliphatic rings. The van der Waals surface area contributed by atoms with Gasteiger partial charge in [-0.05, 0) is 46.1 Å². The summed E-state index contributed by atoms with van der Waals surface area (Å²) in [6.45, 7) is 9.27. The number of ether oxygens (including phenoxy) is 1.